The maximum absolute atomic E-state index is 12.3. The van der Waals surface area contributed by atoms with Crippen LogP contribution in [0.1, 0.15) is 22.8 Å². The molecule has 2 aromatic rings. The molecular formula is C21H26N2O4S. The first-order chi connectivity index (χ1) is 13.3. The molecular weight excluding hydrogens is 376 g/mol. The molecule has 0 aliphatic rings. The average Bonchev–Trinajstić information content (AvgIpc) is 2.71. The number of benzene rings is 2. The Morgan fingerprint density at radius 3 is 2.25 bits per heavy atom. The highest BCUT2D eigenvalue weighted by Crippen LogP contribution is 2.16. The van der Waals surface area contributed by atoms with Crippen LogP contribution in [0.5, 0.6) is 0 Å². The van der Waals surface area contributed by atoms with Crippen molar-refractivity contribution in [1.82, 2.24) is 4.90 Å². The number of rotatable bonds is 8. The number of amides is 1. The minimum atomic E-state index is -1.28. The number of ether oxygens (including phenoxy) is 1. The summed E-state index contributed by atoms with van der Waals surface area (Å²) in [5, 5.41) is 0. The van der Waals surface area contributed by atoms with Crippen molar-refractivity contribution in [3.8, 4) is 0 Å². The Bertz CT molecular complexity index is 850. The zero-order chi connectivity index (χ0) is 20.7. The molecule has 1 atom stereocenters. The van der Waals surface area contributed by atoms with E-state index in [9.17, 15) is 13.8 Å². The van der Waals surface area contributed by atoms with Gasteiger partial charge in [0.15, 0.2) is 6.61 Å². The summed E-state index contributed by atoms with van der Waals surface area (Å²) >= 11 is 0. The molecule has 0 saturated carbocycles. The Morgan fingerprint density at radius 1 is 1.00 bits per heavy atom. The first-order valence-corrected chi connectivity index (χ1v) is 10.3. The van der Waals surface area contributed by atoms with Gasteiger partial charge in [0.25, 0.3) is 5.91 Å². The van der Waals surface area contributed by atoms with Gasteiger partial charge in [-0.15, -0.1) is 0 Å². The van der Waals surface area contributed by atoms with Gasteiger partial charge in [0.1, 0.15) is 0 Å². The van der Waals surface area contributed by atoms with Gasteiger partial charge < -0.3 is 14.5 Å². The molecule has 0 aromatic heterocycles. The third-order valence-corrected chi connectivity index (χ3v) is 5.61. The number of hydrogen-bond acceptors (Lipinski definition) is 5. The third-order valence-electron chi connectivity index (χ3n) is 4.24. The van der Waals surface area contributed by atoms with Crippen molar-refractivity contribution in [2.24, 2.45) is 0 Å². The Kier molecular flexibility index (Phi) is 7.75. The van der Waals surface area contributed by atoms with E-state index in [0.29, 0.717) is 17.2 Å². The van der Waals surface area contributed by atoms with Gasteiger partial charge in [0, 0.05) is 39.1 Å². The number of carbonyl (C=O) groups excluding carboxylic acids is 2. The first-order valence-electron chi connectivity index (χ1n) is 8.98. The number of hydrogen-bond donors (Lipinski definition) is 0. The first kappa shape index (κ1) is 21.6. The summed E-state index contributed by atoms with van der Waals surface area (Å²) in [7, 11) is 4.32. The molecule has 28 heavy (non-hydrogen) atoms. The molecule has 0 saturated heterocycles. The van der Waals surface area contributed by atoms with Gasteiger partial charge in [-0.05, 0) is 29.8 Å². The van der Waals surface area contributed by atoms with Crippen LogP contribution in [0.25, 0.3) is 0 Å². The molecule has 0 unspecified atom stereocenters. The van der Waals surface area contributed by atoms with E-state index < -0.39 is 16.8 Å². The molecule has 0 N–H and O–H groups in total. The second-order valence-electron chi connectivity index (χ2n) is 6.52. The van der Waals surface area contributed by atoms with Crippen LogP contribution in [0, 0.1) is 0 Å². The molecule has 7 heteroatoms. The van der Waals surface area contributed by atoms with Crippen molar-refractivity contribution in [1.29, 1.82) is 0 Å². The molecule has 2 rings (SSSR count). The minimum Gasteiger partial charge on any atom is -0.452 e. The van der Waals surface area contributed by atoms with E-state index in [4.69, 9.17) is 4.74 Å². The molecule has 0 aliphatic heterocycles. The average molecular weight is 403 g/mol. The number of esters is 1. The second kappa shape index (κ2) is 10.0. The Labute approximate surface area is 168 Å². The van der Waals surface area contributed by atoms with Crippen LogP contribution in [0.2, 0.25) is 0 Å². The molecule has 0 radical (unpaired) electrons. The zero-order valence-corrected chi connectivity index (χ0v) is 17.5. The number of likely N-dealkylation sites (N-methyl/N-ethyl adjacent to an activating group) is 1. The van der Waals surface area contributed by atoms with Crippen molar-refractivity contribution in [3.63, 3.8) is 0 Å². The summed E-state index contributed by atoms with van der Waals surface area (Å²) in [5.41, 5.74) is 2.30. The summed E-state index contributed by atoms with van der Waals surface area (Å²) in [6.45, 7) is 1.83. The maximum atomic E-state index is 12.3. The maximum Gasteiger partial charge on any atom is 0.339 e. The highest BCUT2D eigenvalue weighted by molar-refractivity contribution is 7.85. The summed E-state index contributed by atoms with van der Waals surface area (Å²) in [5.74, 6) is -0.549. The minimum absolute atomic E-state index is 0.234. The lowest BCUT2D eigenvalue weighted by molar-refractivity contribution is -0.133. The molecule has 2 aromatic carbocycles. The molecule has 150 valence electrons. The molecule has 0 fully saturated rings. The standard InChI is InChI=1S/C21H26N2O4S/c1-5-28(26)19-9-7-6-8-18(19)21(25)27-15-20(24)23(4)14-16-10-12-17(13-11-16)22(2)3/h6-13H,5,14-15H2,1-4H3/t28-/m1/s1. The topological polar surface area (TPSA) is 66.9 Å². The van der Waals surface area contributed by atoms with Gasteiger partial charge in [0.2, 0.25) is 0 Å². The van der Waals surface area contributed by atoms with Crippen molar-refractivity contribution in [2.45, 2.75) is 18.4 Å². The van der Waals surface area contributed by atoms with E-state index >= 15 is 0 Å². The fourth-order valence-electron chi connectivity index (χ4n) is 2.57. The Balaban J connectivity index is 1.94. The van der Waals surface area contributed by atoms with Gasteiger partial charge in [0.05, 0.1) is 21.3 Å². The van der Waals surface area contributed by atoms with Crippen LogP contribution in [0.3, 0.4) is 0 Å². The van der Waals surface area contributed by atoms with Gasteiger partial charge in [-0.2, -0.15) is 0 Å². The zero-order valence-electron chi connectivity index (χ0n) is 16.7. The molecule has 0 heterocycles. The van der Waals surface area contributed by atoms with Crippen molar-refractivity contribution >= 4 is 28.4 Å². The van der Waals surface area contributed by atoms with Crippen LogP contribution in [-0.2, 0) is 26.9 Å². The van der Waals surface area contributed by atoms with E-state index in [0.717, 1.165) is 11.3 Å². The highest BCUT2D eigenvalue weighted by Gasteiger charge is 2.18. The van der Waals surface area contributed by atoms with Crippen LogP contribution in [0.15, 0.2) is 53.4 Å². The van der Waals surface area contributed by atoms with E-state index in [1.54, 1.807) is 38.2 Å². The quantitative estimate of drug-likeness (QED) is 0.635. The molecule has 1 amide bonds. The van der Waals surface area contributed by atoms with E-state index in [-0.39, 0.29) is 18.1 Å². The largest absolute Gasteiger partial charge is 0.452 e. The van der Waals surface area contributed by atoms with Crippen LogP contribution >= 0.6 is 0 Å². The lowest BCUT2D eigenvalue weighted by Crippen LogP contribution is -2.31. The summed E-state index contributed by atoms with van der Waals surface area (Å²) < 4.78 is 17.2. The van der Waals surface area contributed by atoms with Gasteiger partial charge in [-0.1, -0.05) is 31.2 Å². The predicted octanol–water partition coefficient (Wildman–Crippen LogP) is 2.70. The fourth-order valence-corrected chi connectivity index (χ4v) is 3.50. The third kappa shape index (κ3) is 5.66. The lowest BCUT2D eigenvalue weighted by Gasteiger charge is -2.18. The van der Waals surface area contributed by atoms with Crippen molar-refractivity contribution in [3.05, 3.63) is 59.7 Å². The highest BCUT2D eigenvalue weighted by atomic mass is 32.2. The van der Waals surface area contributed by atoms with Gasteiger partial charge in [-0.3, -0.25) is 9.00 Å². The molecule has 0 spiro atoms. The summed E-state index contributed by atoms with van der Waals surface area (Å²) in [6.07, 6.45) is 0. The van der Waals surface area contributed by atoms with E-state index in [1.165, 1.54) is 4.90 Å². The predicted molar refractivity (Wildman–Crippen MR) is 111 cm³/mol. The molecule has 6 nitrogen and oxygen atoms in total. The second-order valence-corrected chi connectivity index (χ2v) is 8.23. The van der Waals surface area contributed by atoms with Gasteiger partial charge in [-0.25, -0.2) is 4.79 Å². The normalized spacial score (nSPS) is 11.6. The number of carbonyl (C=O) groups is 2. The number of nitrogens with zero attached hydrogens (tertiary/aromatic N) is 2. The smallest absolute Gasteiger partial charge is 0.339 e. The molecule has 0 bridgehead atoms. The van der Waals surface area contributed by atoms with Gasteiger partial charge >= 0.3 is 5.97 Å². The number of anilines is 1. The monoisotopic (exact) mass is 402 g/mol. The lowest BCUT2D eigenvalue weighted by atomic mass is 10.2. The Hall–Kier alpha value is -2.67. The fraction of sp³-hybridized carbons (Fsp3) is 0.333. The van der Waals surface area contributed by atoms with Crippen LogP contribution in [0.4, 0.5) is 5.69 Å². The van der Waals surface area contributed by atoms with Crippen LogP contribution < -0.4 is 4.90 Å². The molecule has 0 aliphatic carbocycles. The van der Waals surface area contributed by atoms with Crippen LogP contribution in [-0.4, -0.2) is 54.5 Å². The van der Waals surface area contributed by atoms with E-state index in [2.05, 4.69) is 0 Å². The van der Waals surface area contributed by atoms with E-state index in [1.807, 2.05) is 43.3 Å². The van der Waals surface area contributed by atoms with Crippen molar-refractivity contribution < 1.29 is 18.5 Å². The summed E-state index contributed by atoms with van der Waals surface area (Å²) in [6, 6.07) is 14.5. The SMILES string of the molecule is CC[S@@](=O)c1ccccc1C(=O)OCC(=O)N(C)Cc1ccc(N(C)C)cc1. The summed E-state index contributed by atoms with van der Waals surface area (Å²) in [4.78, 5) is 28.6. The van der Waals surface area contributed by atoms with Crippen molar-refractivity contribution in [2.75, 3.05) is 38.4 Å². The Morgan fingerprint density at radius 2 is 1.64 bits per heavy atom.